The van der Waals surface area contributed by atoms with Gasteiger partial charge >= 0.3 is 24.1 Å². The predicted octanol–water partition coefficient (Wildman–Crippen LogP) is 2.72. The van der Waals surface area contributed by atoms with E-state index in [1.54, 1.807) is 0 Å². The van der Waals surface area contributed by atoms with Crippen LogP contribution in [0.4, 0.5) is 9.59 Å². The summed E-state index contributed by atoms with van der Waals surface area (Å²) in [5.74, 6) is -1.11. The van der Waals surface area contributed by atoms with Gasteiger partial charge in [0.1, 0.15) is 0 Å². The van der Waals surface area contributed by atoms with Crippen LogP contribution in [0.5, 0.6) is 0 Å². The van der Waals surface area contributed by atoms with Gasteiger partial charge in [-0.3, -0.25) is 4.79 Å². The van der Waals surface area contributed by atoms with E-state index in [0.29, 0.717) is 32.4 Å². The van der Waals surface area contributed by atoms with Gasteiger partial charge in [0.2, 0.25) is 6.79 Å². The average Bonchev–Trinajstić information content (AvgIpc) is 2.68. The van der Waals surface area contributed by atoms with Gasteiger partial charge in [0.15, 0.2) is 0 Å². The van der Waals surface area contributed by atoms with Crippen LogP contribution >= 0.6 is 0 Å². The van der Waals surface area contributed by atoms with Crippen LogP contribution in [-0.2, 0) is 23.8 Å². The smallest absolute Gasteiger partial charge is 0.407 e. The minimum atomic E-state index is -1.00. The van der Waals surface area contributed by atoms with Crippen LogP contribution in [0.3, 0.4) is 0 Å². The van der Waals surface area contributed by atoms with Gasteiger partial charge < -0.3 is 30.0 Å². The Kier molecular flexibility index (Phi) is 22.6. The van der Waals surface area contributed by atoms with Gasteiger partial charge in [-0.05, 0) is 32.1 Å². The maximum absolute atomic E-state index is 11.5. The van der Waals surface area contributed by atoms with Crippen molar-refractivity contribution in [2.45, 2.75) is 57.8 Å². The minimum absolute atomic E-state index is 0. The Bertz CT molecular complexity index is 517. The van der Waals surface area contributed by atoms with Crippen molar-refractivity contribution in [2.75, 3.05) is 26.5 Å². The van der Waals surface area contributed by atoms with Crippen molar-refractivity contribution < 1.29 is 75.4 Å². The van der Waals surface area contributed by atoms with Gasteiger partial charge in [0.25, 0.3) is 0 Å². The van der Waals surface area contributed by atoms with E-state index in [1.807, 2.05) is 0 Å². The third-order valence-electron chi connectivity index (χ3n) is 3.75. The van der Waals surface area contributed by atoms with Gasteiger partial charge in [-0.15, -0.1) is 0 Å². The molecule has 0 atom stereocenters. The largest absolute Gasteiger partial charge is 0.465 e. The molecule has 0 aliphatic heterocycles. The summed E-state index contributed by atoms with van der Waals surface area (Å²) in [6.45, 7) is 4.07. The summed E-state index contributed by atoms with van der Waals surface area (Å²) in [7, 11) is 0. The van der Waals surface area contributed by atoms with Crippen LogP contribution in [0.15, 0.2) is 12.7 Å². The Balaban J connectivity index is 0. The molecule has 0 saturated heterocycles. The molecule has 30 heavy (non-hydrogen) atoms. The molecular weight excluding hydrogens is 553 g/mol. The first-order chi connectivity index (χ1) is 14.0. The number of carbonyl (C=O) groups excluding carboxylic acids is 3. The third kappa shape index (κ3) is 22.7. The number of unbranched alkanes of at least 4 members (excludes halogenated alkanes) is 6. The van der Waals surface area contributed by atoms with Crippen molar-refractivity contribution in [3.05, 3.63) is 12.7 Å². The molecule has 0 fully saturated rings. The first-order valence-corrected chi connectivity index (χ1v) is 9.78. The summed E-state index contributed by atoms with van der Waals surface area (Å²) < 4.78 is 14.3. The fourth-order valence-electron chi connectivity index (χ4n) is 2.21. The van der Waals surface area contributed by atoms with E-state index in [-0.39, 0.29) is 49.9 Å². The van der Waals surface area contributed by atoms with Gasteiger partial charge in [0.05, 0.1) is 6.61 Å². The monoisotopic (exact) mass is 585 g/mol. The van der Waals surface area contributed by atoms with Gasteiger partial charge in [-0.25, -0.2) is 14.4 Å². The van der Waals surface area contributed by atoms with Crippen molar-refractivity contribution in [2.24, 2.45) is 0 Å². The average molecular weight is 585 g/mol. The molecule has 0 saturated carbocycles. The standard InChI is InChI=1S/C19H32N2O8.Tm/c1-2-16(22)28-15-29-17(23)11-7-6-10-14-27-19(26)21-13-9-5-3-4-8-12-20-18(24)25;/h2,20H,1,3-15H2,(H,21,26)(H,24,25);. The summed E-state index contributed by atoms with van der Waals surface area (Å²) in [6.07, 6.45) is 6.17. The molecule has 11 heteroatoms. The molecule has 3 N–H and O–H groups in total. The Morgan fingerprint density at radius 2 is 1.40 bits per heavy atom. The molecule has 2 amide bonds. The molecule has 10 nitrogen and oxygen atoms in total. The van der Waals surface area contributed by atoms with Crippen LogP contribution in [0.2, 0.25) is 0 Å². The number of alkyl carbamates (subject to hydrolysis) is 1. The maximum Gasteiger partial charge on any atom is 0.407 e. The van der Waals surface area contributed by atoms with Gasteiger partial charge in [-0.2, -0.15) is 0 Å². The molecule has 0 heterocycles. The first kappa shape index (κ1) is 30.6. The molecule has 1 radical (unpaired) electrons. The van der Waals surface area contributed by atoms with Crippen molar-refractivity contribution >= 4 is 24.1 Å². The number of hydrogen-bond donors (Lipinski definition) is 3. The summed E-state index contributed by atoms with van der Waals surface area (Å²) in [4.78, 5) is 43.9. The number of esters is 2. The van der Waals surface area contributed by atoms with Crippen molar-refractivity contribution in [3.8, 4) is 0 Å². The summed E-state index contributed by atoms with van der Waals surface area (Å²) in [6, 6.07) is 0. The zero-order chi connectivity index (χ0) is 21.7. The van der Waals surface area contributed by atoms with E-state index in [2.05, 4.69) is 21.9 Å². The maximum atomic E-state index is 11.5. The molecule has 0 aliphatic carbocycles. The van der Waals surface area contributed by atoms with E-state index in [4.69, 9.17) is 14.6 Å². The Labute approximate surface area is 206 Å². The van der Waals surface area contributed by atoms with E-state index in [0.717, 1.165) is 38.2 Å². The quantitative estimate of drug-likeness (QED) is 0.103. The molecule has 179 valence electrons. The number of carbonyl (C=O) groups is 4. The van der Waals surface area contributed by atoms with Gasteiger partial charge in [-0.1, -0.05) is 25.8 Å². The number of nitrogens with one attached hydrogen (secondary N) is 2. The minimum Gasteiger partial charge on any atom is -0.465 e. The second-order valence-corrected chi connectivity index (χ2v) is 6.17. The number of carboxylic acid groups (broad SMARTS) is 1. The number of hydrogen-bond acceptors (Lipinski definition) is 7. The van der Waals surface area contributed by atoms with Crippen LogP contribution in [0.1, 0.15) is 57.8 Å². The number of amides is 2. The predicted molar refractivity (Wildman–Crippen MR) is 104 cm³/mol. The topological polar surface area (TPSA) is 140 Å². The zero-order valence-corrected chi connectivity index (χ0v) is 18.8. The molecule has 0 unspecified atom stereocenters. The van der Waals surface area contributed by atoms with Crippen LogP contribution in [-0.4, -0.2) is 55.7 Å². The van der Waals surface area contributed by atoms with Crippen molar-refractivity contribution in [3.63, 3.8) is 0 Å². The van der Waals surface area contributed by atoms with Crippen LogP contribution in [0, 0.1) is 36.9 Å². The normalized spacial score (nSPS) is 9.60. The van der Waals surface area contributed by atoms with E-state index in [1.165, 1.54) is 0 Å². The second-order valence-electron chi connectivity index (χ2n) is 6.17. The zero-order valence-electron chi connectivity index (χ0n) is 17.1. The Hall–Kier alpha value is -1.55. The molecule has 0 aromatic heterocycles. The third-order valence-corrected chi connectivity index (χ3v) is 3.75. The molecule has 0 spiro atoms. The Morgan fingerprint density at radius 1 is 0.800 bits per heavy atom. The number of ether oxygens (including phenoxy) is 3. The number of rotatable bonds is 17. The molecule has 0 bridgehead atoms. The fourth-order valence-corrected chi connectivity index (χ4v) is 2.21. The molecule has 0 aliphatic rings. The SMILES string of the molecule is C=CC(=O)OCOC(=O)CCCCCOC(=O)NCCCCCCCNC(=O)O.[Tm]. The summed E-state index contributed by atoms with van der Waals surface area (Å²) >= 11 is 0. The Morgan fingerprint density at radius 3 is 2.03 bits per heavy atom. The first-order valence-electron chi connectivity index (χ1n) is 9.78. The molecule has 0 rings (SSSR count). The van der Waals surface area contributed by atoms with Crippen LogP contribution in [0.25, 0.3) is 0 Å². The van der Waals surface area contributed by atoms with Crippen molar-refractivity contribution in [1.29, 1.82) is 0 Å². The van der Waals surface area contributed by atoms with E-state index in [9.17, 15) is 19.2 Å². The van der Waals surface area contributed by atoms with Crippen LogP contribution < -0.4 is 10.6 Å². The van der Waals surface area contributed by atoms with Crippen molar-refractivity contribution in [1.82, 2.24) is 10.6 Å². The molecular formula is C19H32N2O8Tm. The summed E-state index contributed by atoms with van der Waals surface area (Å²) in [5.41, 5.74) is 0. The van der Waals surface area contributed by atoms with E-state index < -0.39 is 30.9 Å². The van der Waals surface area contributed by atoms with E-state index >= 15 is 0 Å². The fraction of sp³-hybridized carbons (Fsp3) is 0.684. The molecule has 0 aromatic rings. The summed E-state index contributed by atoms with van der Waals surface area (Å²) in [5, 5.41) is 13.4. The van der Waals surface area contributed by atoms with Gasteiger partial charge in [0, 0.05) is 62.5 Å². The second kappa shape index (κ2) is 22.1. The molecule has 0 aromatic carbocycles.